The number of nitrogens with zero attached hydrogens (tertiary/aromatic N) is 1. The first-order valence-corrected chi connectivity index (χ1v) is 8.06. The van der Waals surface area contributed by atoms with E-state index in [0.29, 0.717) is 22.1 Å². The number of rotatable bonds is 4. The number of hydrogen-bond donors (Lipinski definition) is 1. The van der Waals surface area contributed by atoms with Crippen LogP contribution in [0.1, 0.15) is 6.42 Å². The summed E-state index contributed by atoms with van der Waals surface area (Å²) in [6.07, 6.45) is 0.0894. The Morgan fingerprint density at radius 3 is 2.68 bits per heavy atom. The van der Waals surface area contributed by atoms with Crippen molar-refractivity contribution in [2.45, 2.75) is 6.42 Å². The van der Waals surface area contributed by atoms with E-state index >= 15 is 0 Å². The van der Waals surface area contributed by atoms with Crippen LogP contribution in [0.15, 0.2) is 42.5 Å². The molecule has 1 N–H and O–H groups in total. The second-order valence-corrected chi connectivity index (χ2v) is 6.15. The lowest BCUT2D eigenvalue weighted by Crippen LogP contribution is -2.28. The topological polar surface area (TPSA) is 58.6 Å². The van der Waals surface area contributed by atoms with Crippen LogP contribution in [0.3, 0.4) is 0 Å². The van der Waals surface area contributed by atoms with Crippen molar-refractivity contribution < 1.29 is 18.7 Å². The van der Waals surface area contributed by atoms with Crippen LogP contribution in [0, 0.1) is 11.7 Å². The van der Waals surface area contributed by atoms with Gasteiger partial charge in [0.2, 0.25) is 11.8 Å². The molecule has 0 radical (unpaired) electrons. The predicted octanol–water partition coefficient (Wildman–Crippen LogP) is 3.48. The molecule has 0 unspecified atom stereocenters. The van der Waals surface area contributed by atoms with Gasteiger partial charge < -0.3 is 15.0 Å². The van der Waals surface area contributed by atoms with Gasteiger partial charge in [-0.15, -0.1) is 0 Å². The molecule has 0 spiro atoms. The zero-order valence-corrected chi connectivity index (χ0v) is 14.2. The first kappa shape index (κ1) is 17.2. The molecule has 2 aromatic rings. The predicted molar refractivity (Wildman–Crippen MR) is 93.5 cm³/mol. The maximum atomic E-state index is 13.0. The molecule has 1 atom stereocenters. The molecule has 0 aromatic heterocycles. The smallest absolute Gasteiger partial charge is 0.229 e. The second-order valence-electron chi connectivity index (χ2n) is 5.72. The lowest BCUT2D eigenvalue weighted by Gasteiger charge is -2.17. The maximum Gasteiger partial charge on any atom is 0.229 e. The molecule has 1 saturated heterocycles. The van der Waals surface area contributed by atoms with Crippen molar-refractivity contribution in [2.75, 3.05) is 23.9 Å². The highest BCUT2D eigenvalue weighted by Gasteiger charge is 2.35. The average molecular weight is 363 g/mol. The van der Waals surface area contributed by atoms with Crippen LogP contribution in [0.4, 0.5) is 15.8 Å². The number of halogens is 2. The van der Waals surface area contributed by atoms with Crippen molar-refractivity contribution in [1.29, 1.82) is 0 Å². The molecule has 7 heteroatoms. The van der Waals surface area contributed by atoms with Crippen LogP contribution in [0.2, 0.25) is 5.02 Å². The van der Waals surface area contributed by atoms with Crippen LogP contribution in [0.25, 0.3) is 0 Å². The highest BCUT2D eigenvalue weighted by molar-refractivity contribution is 6.31. The van der Waals surface area contributed by atoms with E-state index in [1.807, 2.05) is 0 Å². The van der Waals surface area contributed by atoms with E-state index in [4.69, 9.17) is 16.3 Å². The number of amides is 2. The molecule has 1 aliphatic rings. The summed E-state index contributed by atoms with van der Waals surface area (Å²) in [5.41, 5.74) is 1.02. The highest BCUT2D eigenvalue weighted by atomic mass is 35.5. The Hall–Kier alpha value is -2.60. The summed E-state index contributed by atoms with van der Waals surface area (Å²) in [5.74, 6) is -0.875. The quantitative estimate of drug-likeness (QED) is 0.905. The molecule has 25 heavy (non-hydrogen) atoms. The molecule has 5 nitrogen and oxygen atoms in total. The fourth-order valence-electron chi connectivity index (χ4n) is 2.77. The van der Waals surface area contributed by atoms with E-state index in [-0.39, 0.29) is 30.6 Å². The summed E-state index contributed by atoms with van der Waals surface area (Å²) < 4.78 is 18.2. The fourth-order valence-corrected chi connectivity index (χ4v) is 2.94. The Kier molecular flexibility index (Phi) is 4.90. The monoisotopic (exact) mass is 362 g/mol. The van der Waals surface area contributed by atoms with Gasteiger partial charge >= 0.3 is 0 Å². The van der Waals surface area contributed by atoms with Gasteiger partial charge in [-0.1, -0.05) is 11.6 Å². The zero-order valence-electron chi connectivity index (χ0n) is 13.5. The fraction of sp³-hybridized carbons (Fsp3) is 0.222. The summed E-state index contributed by atoms with van der Waals surface area (Å²) in [6, 6.07) is 10.5. The standard InChI is InChI=1S/C18H16ClFN2O3/c1-25-16-7-2-12(19)9-15(16)21-18(24)11-8-17(23)22(10-11)14-5-3-13(20)4-6-14/h2-7,9,11H,8,10H2,1H3,(H,21,24)/t11-/m0/s1. The maximum absolute atomic E-state index is 13.0. The van der Waals surface area contributed by atoms with Gasteiger partial charge in [0.25, 0.3) is 0 Å². The molecular weight excluding hydrogens is 347 g/mol. The molecule has 1 aliphatic heterocycles. The number of anilines is 2. The van der Waals surface area contributed by atoms with Crippen molar-refractivity contribution in [2.24, 2.45) is 5.92 Å². The average Bonchev–Trinajstić information content (AvgIpc) is 2.98. The van der Waals surface area contributed by atoms with E-state index in [0.717, 1.165) is 0 Å². The Morgan fingerprint density at radius 2 is 2.00 bits per heavy atom. The van der Waals surface area contributed by atoms with Crippen LogP contribution in [-0.4, -0.2) is 25.5 Å². The minimum absolute atomic E-state index is 0.0894. The van der Waals surface area contributed by atoms with E-state index in [2.05, 4.69) is 5.32 Å². The lowest BCUT2D eigenvalue weighted by molar-refractivity contribution is -0.122. The molecule has 0 saturated carbocycles. The van der Waals surface area contributed by atoms with Gasteiger partial charge in [-0.25, -0.2) is 4.39 Å². The van der Waals surface area contributed by atoms with Gasteiger partial charge in [-0.3, -0.25) is 9.59 Å². The van der Waals surface area contributed by atoms with Gasteiger partial charge in [-0.2, -0.15) is 0 Å². The third-order valence-corrected chi connectivity index (χ3v) is 4.29. The van der Waals surface area contributed by atoms with Crippen molar-refractivity contribution in [1.82, 2.24) is 0 Å². The first-order valence-electron chi connectivity index (χ1n) is 7.68. The summed E-state index contributed by atoms with van der Waals surface area (Å²) in [4.78, 5) is 26.2. The minimum atomic E-state index is -0.513. The molecule has 0 aliphatic carbocycles. The number of nitrogens with one attached hydrogen (secondary N) is 1. The number of benzene rings is 2. The third kappa shape index (κ3) is 3.74. The number of methoxy groups -OCH3 is 1. The van der Waals surface area contributed by atoms with Gasteiger partial charge in [0.05, 0.1) is 18.7 Å². The first-order chi connectivity index (χ1) is 12.0. The van der Waals surface area contributed by atoms with E-state index in [1.165, 1.54) is 36.3 Å². The van der Waals surface area contributed by atoms with E-state index < -0.39 is 5.92 Å². The van der Waals surface area contributed by atoms with Crippen LogP contribution in [-0.2, 0) is 9.59 Å². The van der Waals surface area contributed by atoms with Crippen molar-refractivity contribution >= 4 is 34.8 Å². The molecule has 1 heterocycles. The summed E-state index contributed by atoms with van der Waals surface area (Å²) in [5, 5.41) is 3.22. The Morgan fingerprint density at radius 1 is 1.28 bits per heavy atom. The molecule has 2 aromatic carbocycles. The van der Waals surface area contributed by atoms with E-state index in [9.17, 15) is 14.0 Å². The normalized spacial score (nSPS) is 16.8. The molecule has 130 valence electrons. The molecule has 3 rings (SSSR count). The SMILES string of the molecule is COc1ccc(Cl)cc1NC(=O)[C@H]1CC(=O)N(c2ccc(F)cc2)C1. The third-order valence-electron chi connectivity index (χ3n) is 4.05. The molecule has 2 amide bonds. The lowest BCUT2D eigenvalue weighted by atomic mass is 10.1. The second kappa shape index (κ2) is 7.11. The number of hydrogen-bond acceptors (Lipinski definition) is 3. The highest BCUT2D eigenvalue weighted by Crippen LogP contribution is 2.30. The van der Waals surface area contributed by atoms with Crippen molar-refractivity contribution in [3.05, 3.63) is 53.3 Å². The number of carbonyl (C=O) groups excluding carboxylic acids is 2. The molecule has 1 fully saturated rings. The zero-order chi connectivity index (χ0) is 18.0. The number of carbonyl (C=O) groups is 2. The van der Waals surface area contributed by atoms with Crippen molar-refractivity contribution in [3.8, 4) is 5.75 Å². The van der Waals surface area contributed by atoms with Crippen LogP contribution < -0.4 is 15.0 Å². The summed E-state index contributed by atoms with van der Waals surface area (Å²) in [7, 11) is 1.49. The van der Waals surface area contributed by atoms with Gasteiger partial charge in [0, 0.05) is 23.7 Å². The van der Waals surface area contributed by atoms with Crippen LogP contribution >= 0.6 is 11.6 Å². The van der Waals surface area contributed by atoms with Gasteiger partial charge in [-0.05, 0) is 42.5 Å². The largest absolute Gasteiger partial charge is 0.495 e. The Bertz CT molecular complexity index is 810. The Balaban J connectivity index is 1.73. The van der Waals surface area contributed by atoms with Gasteiger partial charge in [0.1, 0.15) is 11.6 Å². The minimum Gasteiger partial charge on any atom is -0.495 e. The summed E-state index contributed by atoms with van der Waals surface area (Å²) >= 11 is 5.96. The Labute approximate surface area is 149 Å². The van der Waals surface area contributed by atoms with Crippen molar-refractivity contribution in [3.63, 3.8) is 0 Å². The molecular formula is C18H16ClFN2O3. The number of ether oxygens (including phenoxy) is 1. The summed E-state index contributed by atoms with van der Waals surface area (Å²) in [6.45, 7) is 0.235. The van der Waals surface area contributed by atoms with Crippen LogP contribution in [0.5, 0.6) is 5.75 Å². The van der Waals surface area contributed by atoms with Gasteiger partial charge in [0.15, 0.2) is 0 Å². The molecule has 0 bridgehead atoms. The van der Waals surface area contributed by atoms with E-state index in [1.54, 1.807) is 18.2 Å².